The molecule has 0 N–H and O–H groups in total. The molecule has 1 aliphatic rings. The van der Waals surface area contributed by atoms with E-state index >= 15 is 0 Å². The molecule has 5 rings (SSSR count). The van der Waals surface area contributed by atoms with Crippen LogP contribution >= 0.6 is 50.5 Å². The highest BCUT2D eigenvalue weighted by molar-refractivity contribution is 9.10. The highest BCUT2D eigenvalue weighted by Crippen LogP contribution is 2.35. The minimum atomic E-state index is -0.805. The third kappa shape index (κ3) is 6.73. The molecule has 1 atom stereocenters. The van der Waals surface area contributed by atoms with Gasteiger partial charge in [-0.05, 0) is 68.0 Å². The molecule has 1 aromatic heterocycles. The van der Waals surface area contributed by atoms with Crippen LogP contribution in [-0.2, 0) is 16.1 Å². The monoisotopic (exact) mass is 716 g/mol. The number of methoxy groups -OCH3 is 1. The smallest absolute Gasteiger partial charge is 0.337 e. The van der Waals surface area contributed by atoms with Crippen molar-refractivity contribution in [3.63, 3.8) is 0 Å². The Morgan fingerprint density at radius 1 is 1.00 bits per heavy atom. The Morgan fingerprint density at radius 2 is 1.75 bits per heavy atom. The van der Waals surface area contributed by atoms with E-state index in [1.807, 2.05) is 32.0 Å². The molecule has 4 aromatic rings. The van der Waals surface area contributed by atoms with Gasteiger partial charge in [0.15, 0.2) is 16.3 Å². The van der Waals surface area contributed by atoms with Crippen molar-refractivity contribution < 1.29 is 23.7 Å². The molecule has 0 saturated carbocycles. The van der Waals surface area contributed by atoms with Gasteiger partial charge >= 0.3 is 5.97 Å². The lowest BCUT2D eigenvalue weighted by Crippen LogP contribution is -2.39. The number of halogens is 3. The van der Waals surface area contributed by atoms with E-state index in [-0.39, 0.29) is 17.7 Å². The Morgan fingerprint density at radius 3 is 2.48 bits per heavy atom. The van der Waals surface area contributed by atoms with Gasteiger partial charge in [-0.25, -0.2) is 9.79 Å². The van der Waals surface area contributed by atoms with E-state index < -0.39 is 12.0 Å². The molecule has 8 nitrogen and oxygen atoms in total. The van der Waals surface area contributed by atoms with Crippen molar-refractivity contribution in [3.05, 3.63) is 117 Å². The Kier molecular flexibility index (Phi) is 10.2. The average Bonchev–Trinajstić information content (AvgIpc) is 3.32. The van der Waals surface area contributed by atoms with Gasteiger partial charge in [-0.15, -0.1) is 0 Å². The molecule has 0 bridgehead atoms. The topological polar surface area (TPSA) is 88.4 Å². The largest absolute Gasteiger partial charge is 0.490 e. The van der Waals surface area contributed by atoms with E-state index in [4.69, 9.17) is 42.1 Å². The maximum atomic E-state index is 14.1. The highest BCUT2D eigenvalue weighted by Gasteiger charge is 2.31. The molecule has 0 fully saturated rings. The average molecular weight is 718 g/mol. The molecule has 1 aliphatic heterocycles. The van der Waals surface area contributed by atoms with E-state index in [9.17, 15) is 9.59 Å². The summed E-state index contributed by atoms with van der Waals surface area (Å²) >= 11 is 17.1. The zero-order valence-electron chi connectivity index (χ0n) is 23.9. The molecule has 0 saturated heterocycles. The van der Waals surface area contributed by atoms with Crippen LogP contribution in [0.1, 0.15) is 36.6 Å². The van der Waals surface area contributed by atoms with Gasteiger partial charge in [-0.3, -0.25) is 9.36 Å². The summed E-state index contributed by atoms with van der Waals surface area (Å²) in [6.45, 7) is 4.81. The number of fused-ring (bicyclic) bond motifs is 1. The van der Waals surface area contributed by atoms with Crippen LogP contribution in [0, 0.1) is 0 Å². The molecular formula is C32H27BrCl2N2O6S. The van der Waals surface area contributed by atoms with Gasteiger partial charge < -0.3 is 18.9 Å². The fourth-order valence-corrected chi connectivity index (χ4v) is 6.49. The van der Waals surface area contributed by atoms with Crippen LogP contribution in [0.2, 0.25) is 10.0 Å². The Balaban J connectivity index is 1.60. The quantitative estimate of drug-likeness (QED) is 0.175. The number of aromatic nitrogens is 1. The Bertz CT molecular complexity index is 1940. The Labute approximate surface area is 275 Å². The van der Waals surface area contributed by atoms with Gasteiger partial charge in [0.05, 0.1) is 36.5 Å². The van der Waals surface area contributed by atoms with E-state index in [2.05, 4.69) is 20.9 Å². The van der Waals surface area contributed by atoms with Crippen molar-refractivity contribution in [2.75, 3.05) is 20.3 Å². The first-order valence-electron chi connectivity index (χ1n) is 13.6. The summed E-state index contributed by atoms with van der Waals surface area (Å²) in [7, 11) is 1.29. The lowest BCUT2D eigenvalue weighted by molar-refractivity contribution is -0.136. The first-order chi connectivity index (χ1) is 21.2. The van der Waals surface area contributed by atoms with Crippen LogP contribution < -0.4 is 29.1 Å². The van der Waals surface area contributed by atoms with E-state index in [0.29, 0.717) is 61.0 Å². The number of hydrogen-bond acceptors (Lipinski definition) is 8. The SMILES string of the molecule is CCOc1ccc([C@@H]2C(C(=O)OC)=CN=c3s/c(=C\c4cc(Br)ccc4OCc4ccc(Cl)cc4Cl)c(=O)n32)cc1OCC. The van der Waals surface area contributed by atoms with E-state index in [1.54, 1.807) is 42.5 Å². The first-order valence-corrected chi connectivity index (χ1v) is 16.0. The molecule has 2 heterocycles. The number of thiazole rings is 1. The van der Waals surface area contributed by atoms with Gasteiger partial charge in [0.1, 0.15) is 12.4 Å². The van der Waals surface area contributed by atoms with E-state index in [0.717, 1.165) is 10.0 Å². The summed E-state index contributed by atoms with van der Waals surface area (Å²) in [4.78, 5) is 31.8. The predicted octanol–water partition coefficient (Wildman–Crippen LogP) is 6.46. The molecule has 44 heavy (non-hydrogen) atoms. The van der Waals surface area contributed by atoms with Gasteiger partial charge in [0.25, 0.3) is 5.56 Å². The number of carbonyl (C=O) groups is 1. The number of hydrogen-bond donors (Lipinski definition) is 0. The summed E-state index contributed by atoms with van der Waals surface area (Å²) in [6.07, 6.45) is 3.20. The number of carbonyl (C=O) groups excluding carboxylic acids is 1. The minimum absolute atomic E-state index is 0.197. The zero-order valence-corrected chi connectivity index (χ0v) is 27.8. The van der Waals surface area contributed by atoms with Crippen LogP contribution in [0.15, 0.2) is 80.6 Å². The van der Waals surface area contributed by atoms with Crippen molar-refractivity contribution in [1.82, 2.24) is 4.57 Å². The van der Waals surface area contributed by atoms with E-state index in [1.165, 1.54) is 29.2 Å². The van der Waals surface area contributed by atoms with Crippen molar-refractivity contribution in [1.29, 1.82) is 0 Å². The van der Waals surface area contributed by atoms with Crippen LogP contribution in [-0.4, -0.2) is 30.9 Å². The molecule has 0 spiro atoms. The summed E-state index contributed by atoms with van der Waals surface area (Å²) < 4.78 is 25.4. The predicted molar refractivity (Wildman–Crippen MR) is 175 cm³/mol. The normalized spacial score (nSPS) is 14.4. The summed E-state index contributed by atoms with van der Waals surface area (Å²) in [5.74, 6) is 1.02. The van der Waals surface area contributed by atoms with Gasteiger partial charge in [-0.2, -0.15) is 0 Å². The third-order valence-electron chi connectivity index (χ3n) is 6.66. The molecule has 0 amide bonds. The molecule has 228 valence electrons. The summed E-state index contributed by atoms with van der Waals surface area (Å²) in [5, 5.41) is 1.03. The zero-order chi connectivity index (χ0) is 31.4. The second-order valence-corrected chi connectivity index (χ2v) is 12.2. The first kappa shape index (κ1) is 31.8. The maximum Gasteiger partial charge on any atom is 0.337 e. The summed E-state index contributed by atoms with van der Waals surface area (Å²) in [6, 6.07) is 15.3. The molecule has 3 aromatic carbocycles. The fraction of sp³-hybridized carbons (Fsp3) is 0.219. The number of rotatable bonds is 10. The minimum Gasteiger partial charge on any atom is -0.490 e. The molecule has 0 radical (unpaired) electrons. The number of nitrogens with zero attached hydrogens (tertiary/aromatic N) is 2. The molecule has 0 unspecified atom stereocenters. The van der Waals surface area contributed by atoms with Crippen LogP contribution in [0.5, 0.6) is 17.2 Å². The second kappa shape index (κ2) is 14.0. The Hall–Kier alpha value is -3.57. The molecule has 0 aliphatic carbocycles. The molecule has 12 heteroatoms. The number of ether oxygens (including phenoxy) is 4. The number of benzene rings is 3. The third-order valence-corrected chi connectivity index (χ3v) is 8.74. The maximum absolute atomic E-state index is 14.1. The van der Waals surface area contributed by atoms with Crippen molar-refractivity contribution >= 4 is 62.5 Å². The van der Waals surface area contributed by atoms with Crippen LogP contribution in [0.25, 0.3) is 6.08 Å². The number of esters is 1. The van der Waals surface area contributed by atoms with Gasteiger partial charge in [0, 0.05) is 31.8 Å². The van der Waals surface area contributed by atoms with Crippen molar-refractivity contribution in [2.24, 2.45) is 4.99 Å². The highest BCUT2D eigenvalue weighted by atomic mass is 79.9. The molecular weight excluding hydrogens is 691 g/mol. The fourth-order valence-electron chi connectivity index (χ4n) is 4.69. The van der Waals surface area contributed by atoms with Crippen molar-refractivity contribution in [2.45, 2.75) is 26.5 Å². The van der Waals surface area contributed by atoms with Crippen LogP contribution in [0.4, 0.5) is 0 Å². The second-order valence-electron chi connectivity index (χ2n) is 9.45. The van der Waals surface area contributed by atoms with Crippen molar-refractivity contribution in [3.8, 4) is 17.2 Å². The standard InChI is InChI=1S/C32H27BrCl2N2O6S/c1-4-41-26-10-7-18(13-27(26)42-5-2)29-23(31(39)40-3)16-36-32-37(29)30(38)28(44-32)14-20-12-21(33)8-11-25(20)43-17-19-6-9-22(34)15-24(19)35/h6-16,29H,4-5,17H2,1-3H3/b28-14-/t29-/m1/s1. The summed E-state index contributed by atoms with van der Waals surface area (Å²) in [5.41, 5.74) is 1.96. The van der Waals surface area contributed by atoms with Gasteiger partial charge in [0.2, 0.25) is 0 Å². The lowest BCUT2D eigenvalue weighted by Gasteiger charge is -2.23. The van der Waals surface area contributed by atoms with Crippen LogP contribution in [0.3, 0.4) is 0 Å². The lowest BCUT2D eigenvalue weighted by atomic mass is 9.97. The van der Waals surface area contributed by atoms with Gasteiger partial charge in [-0.1, -0.05) is 62.6 Å².